The third kappa shape index (κ3) is 4.26. The van der Waals surface area contributed by atoms with Crippen molar-refractivity contribution in [2.45, 2.75) is 39.2 Å². The average Bonchev–Trinajstić information content (AvgIpc) is 2.53. The minimum Gasteiger partial charge on any atom is -0.508 e. The van der Waals surface area contributed by atoms with Crippen molar-refractivity contribution < 1.29 is 14.9 Å². The Morgan fingerprint density at radius 3 is 2.26 bits per heavy atom. The van der Waals surface area contributed by atoms with Gasteiger partial charge in [0.05, 0.1) is 6.10 Å². The van der Waals surface area contributed by atoms with Crippen molar-refractivity contribution in [1.82, 2.24) is 0 Å². The second-order valence-electron chi connectivity index (χ2n) is 6.82. The largest absolute Gasteiger partial charge is 0.508 e. The van der Waals surface area contributed by atoms with Crippen LogP contribution in [-0.4, -0.2) is 22.9 Å². The van der Waals surface area contributed by atoms with Gasteiger partial charge in [0, 0.05) is 5.41 Å². The second kappa shape index (κ2) is 7.05. The molecule has 2 N–H and O–H groups in total. The number of phenols is 1. The van der Waals surface area contributed by atoms with Crippen LogP contribution in [0.1, 0.15) is 38.8 Å². The van der Waals surface area contributed by atoms with Gasteiger partial charge in [0.15, 0.2) is 0 Å². The predicted molar refractivity (Wildman–Crippen MR) is 93.0 cm³/mol. The molecule has 2 aromatic carbocycles. The Bertz CT molecular complexity index is 630. The molecule has 3 heteroatoms. The lowest BCUT2D eigenvalue weighted by atomic mass is 9.78. The number of aliphatic hydroxyl groups excluding tert-OH is 1. The maximum atomic E-state index is 9.87. The monoisotopic (exact) mass is 314 g/mol. The summed E-state index contributed by atoms with van der Waals surface area (Å²) < 4.78 is 5.73. The number of hydrogen-bond acceptors (Lipinski definition) is 3. The van der Waals surface area contributed by atoms with E-state index in [9.17, 15) is 10.2 Å². The van der Waals surface area contributed by atoms with Gasteiger partial charge < -0.3 is 14.9 Å². The zero-order valence-corrected chi connectivity index (χ0v) is 14.3. The van der Waals surface area contributed by atoms with Crippen LogP contribution in [0, 0.1) is 5.92 Å². The van der Waals surface area contributed by atoms with Crippen molar-refractivity contribution in [2.75, 3.05) is 6.61 Å². The minimum absolute atomic E-state index is 0.173. The molecule has 0 radical (unpaired) electrons. The molecule has 0 aliphatic rings. The van der Waals surface area contributed by atoms with Crippen LogP contribution in [0.2, 0.25) is 0 Å². The Hall–Kier alpha value is -2.00. The highest BCUT2D eigenvalue weighted by Gasteiger charge is 2.23. The van der Waals surface area contributed by atoms with Gasteiger partial charge in [-0.2, -0.15) is 0 Å². The van der Waals surface area contributed by atoms with Gasteiger partial charge in [0.1, 0.15) is 18.1 Å². The lowest BCUT2D eigenvalue weighted by molar-refractivity contribution is 0.0701. The smallest absolute Gasteiger partial charge is 0.119 e. The van der Waals surface area contributed by atoms with Crippen molar-refractivity contribution >= 4 is 0 Å². The molecule has 2 aromatic rings. The third-order valence-corrected chi connectivity index (χ3v) is 4.34. The van der Waals surface area contributed by atoms with Crippen LogP contribution in [-0.2, 0) is 5.41 Å². The highest BCUT2D eigenvalue weighted by atomic mass is 16.5. The highest BCUT2D eigenvalue weighted by Crippen LogP contribution is 2.33. The molecule has 0 saturated heterocycles. The number of rotatable bonds is 6. The fourth-order valence-electron chi connectivity index (χ4n) is 2.39. The van der Waals surface area contributed by atoms with Crippen molar-refractivity contribution in [3.8, 4) is 11.5 Å². The Balaban J connectivity index is 2.19. The second-order valence-corrected chi connectivity index (χ2v) is 6.82. The van der Waals surface area contributed by atoms with Gasteiger partial charge in [-0.05, 0) is 41.3 Å². The number of hydrogen-bond donors (Lipinski definition) is 2. The Morgan fingerprint density at radius 2 is 1.65 bits per heavy atom. The molecule has 0 fully saturated rings. The molecule has 0 aliphatic carbocycles. The predicted octanol–water partition coefficient (Wildman–Crippen LogP) is 4.11. The van der Waals surface area contributed by atoms with Gasteiger partial charge >= 0.3 is 0 Å². The van der Waals surface area contributed by atoms with E-state index < -0.39 is 6.10 Å². The molecule has 0 heterocycles. The molecular weight excluding hydrogens is 288 g/mol. The molecule has 0 saturated carbocycles. The van der Waals surface area contributed by atoms with Crippen molar-refractivity contribution in [3.05, 3.63) is 59.7 Å². The molecule has 23 heavy (non-hydrogen) atoms. The van der Waals surface area contributed by atoms with Crippen LogP contribution in [0.5, 0.6) is 11.5 Å². The van der Waals surface area contributed by atoms with Crippen LogP contribution in [0.4, 0.5) is 0 Å². The molecule has 2 rings (SSSR count). The Morgan fingerprint density at radius 1 is 1.00 bits per heavy atom. The standard InChI is InChI=1S/C20H26O3/c1-14(2)19(22)13-23-18-7-5-6-16(12-18)20(3,4)15-8-10-17(21)11-9-15/h5-12,14,19,21-22H,13H2,1-4H3. The van der Waals surface area contributed by atoms with Gasteiger partial charge in [0.25, 0.3) is 0 Å². The normalized spacial score (nSPS) is 13.1. The number of benzene rings is 2. The fourth-order valence-corrected chi connectivity index (χ4v) is 2.39. The molecule has 0 spiro atoms. The number of ether oxygens (including phenoxy) is 1. The van der Waals surface area contributed by atoms with E-state index in [1.54, 1.807) is 12.1 Å². The van der Waals surface area contributed by atoms with Crippen LogP contribution in [0.25, 0.3) is 0 Å². The van der Waals surface area contributed by atoms with Crippen LogP contribution < -0.4 is 4.74 Å². The lowest BCUT2D eigenvalue weighted by Crippen LogP contribution is -2.23. The van der Waals surface area contributed by atoms with Crippen LogP contribution >= 0.6 is 0 Å². The van der Waals surface area contributed by atoms with Gasteiger partial charge in [-0.1, -0.05) is 52.0 Å². The summed E-state index contributed by atoms with van der Waals surface area (Å²) in [6, 6.07) is 15.2. The first-order valence-corrected chi connectivity index (χ1v) is 8.01. The molecule has 0 amide bonds. The molecule has 1 unspecified atom stereocenters. The number of aromatic hydroxyl groups is 1. The Kier molecular flexibility index (Phi) is 5.32. The first-order valence-electron chi connectivity index (χ1n) is 8.01. The van der Waals surface area contributed by atoms with E-state index in [1.807, 2.05) is 44.2 Å². The summed E-state index contributed by atoms with van der Waals surface area (Å²) in [5.74, 6) is 1.20. The summed E-state index contributed by atoms with van der Waals surface area (Å²) in [4.78, 5) is 0. The van der Waals surface area contributed by atoms with Crippen molar-refractivity contribution in [3.63, 3.8) is 0 Å². The molecule has 3 nitrogen and oxygen atoms in total. The van der Waals surface area contributed by atoms with E-state index in [4.69, 9.17) is 4.74 Å². The summed E-state index contributed by atoms with van der Waals surface area (Å²) in [5, 5.41) is 19.3. The first-order chi connectivity index (χ1) is 10.8. The van der Waals surface area contributed by atoms with Crippen LogP contribution in [0.15, 0.2) is 48.5 Å². The first kappa shape index (κ1) is 17.4. The van der Waals surface area contributed by atoms with Gasteiger partial charge in [-0.15, -0.1) is 0 Å². The van der Waals surface area contributed by atoms with E-state index in [2.05, 4.69) is 19.9 Å². The van der Waals surface area contributed by atoms with Crippen LogP contribution in [0.3, 0.4) is 0 Å². The molecule has 0 bridgehead atoms. The quantitative estimate of drug-likeness (QED) is 0.843. The molecule has 1 atom stereocenters. The highest BCUT2D eigenvalue weighted by molar-refractivity contribution is 5.42. The zero-order chi connectivity index (χ0) is 17.0. The van der Waals surface area contributed by atoms with E-state index >= 15 is 0 Å². The number of aliphatic hydroxyl groups is 1. The summed E-state index contributed by atoms with van der Waals surface area (Å²) >= 11 is 0. The topological polar surface area (TPSA) is 49.7 Å². The maximum absolute atomic E-state index is 9.87. The summed E-state index contributed by atoms with van der Waals surface area (Å²) in [6.45, 7) is 8.51. The zero-order valence-electron chi connectivity index (χ0n) is 14.3. The summed E-state index contributed by atoms with van der Waals surface area (Å²) in [5.41, 5.74) is 2.04. The third-order valence-electron chi connectivity index (χ3n) is 4.34. The Labute approximate surface area is 138 Å². The van der Waals surface area contributed by atoms with E-state index in [1.165, 1.54) is 0 Å². The molecular formula is C20H26O3. The van der Waals surface area contributed by atoms with E-state index in [-0.39, 0.29) is 17.1 Å². The van der Waals surface area contributed by atoms with E-state index in [0.29, 0.717) is 6.61 Å². The molecule has 0 aromatic heterocycles. The van der Waals surface area contributed by atoms with Gasteiger partial charge in [-0.25, -0.2) is 0 Å². The summed E-state index contributed by atoms with van der Waals surface area (Å²) in [6.07, 6.45) is -0.469. The van der Waals surface area contributed by atoms with Crippen molar-refractivity contribution in [2.24, 2.45) is 5.92 Å². The van der Waals surface area contributed by atoms with Crippen molar-refractivity contribution in [1.29, 1.82) is 0 Å². The minimum atomic E-state index is -0.469. The SMILES string of the molecule is CC(C)C(O)COc1cccc(C(C)(C)c2ccc(O)cc2)c1. The maximum Gasteiger partial charge on any atom is 0.119 e. The van der Waals surface area contributed by atoms with Gasteiger partial charge in [0.2, 0.25) is 0 Å². The summed E-state index contributed by atoms with van der Waals surface area (Å²) in [7, 11) is 0. The molecule has 0 aliphatic heterocycles. The number of phenolic OH excluding ortho intramolecular Hbond substituents is 1. The lowest BCUT2D eigenvalue weighted by Gasteiger charge is -2.27. The van der Waals surface area contributed by atoms with Gasteiger partial charge in [-0.3, -0.25) is 0 Å². The molecule has 124 valence electrons. The average molecular weight is 314 g/mol. The fraction of sp³-hybridized carbons (Fsp3) is 0.400. The van der Waals surface area contributed by atoms with E-state index in [0.717, 1.165) is 16.9 Å².